The van der Waals surface area contributed by atoms with Crippen molar-refractivity contribution >= 4 is 28.3 Å². The molecule has 0 radical (unpaired) electrons. The minimum Gasteiger partial charge on any atom is -0.316 e. The van der Waals surface area contributed by atoms with Gasteiger partial charge < -0.3 is 5.32 Å². The standard InChI is InChI=1S/C10H11BrFN.ClH/c11-9-2-1-7(4-10(9)12)3-8-5-13-6-8;/h1-2,4,8,13H,3,5-6H2;1H. The van der Waals surface area contributed by atoms with Gasteiger partial charge in [-0.05, 0) is 59.1 Å². The zero-order valence-electron chi connectivity index (χ0n) is 7.59. The van der Waals surface area contributed by atoms with Gasteiger partial charge in [0.05, 0.1) is 4.47 Å². The number of nitrogens with one attached hydrogen (secondary N) is 1. The Balaban J connectivity index is 0.000000980. The fourth-order valence-corrected chi connectivity index (χ4v) is 1.74. The Bertz CT molecular complexity index is 315. The smallest absolute Gasteiger partial charge is 0.137 e. The number of rotatable bonds is 2. The van der Waals surface area contributed by atoms with Gasteiger partial charge in [0, 0.05) is 0 Å². The molecule has 0 amide bonds. The molecule has 1 N–H and O–H groups in total. The monoisotopic (exact) mass is 279 g/mol. The van der Waals surface area contributed by atoms with Crippen LogP contribution in [0.2, 0.25) is 0 Å². The largest absolute Gasteiger partial charge is 0.316 e. The Morgan fingerprint density at radius 3 is 2.64 bits per heavy atom. The lowest BCUT2D eigenvalue weighted by Crippen LogP contribution is -2.43. The van der Waals surface area contributed by atoms with Gasteiger partial charge in [-0.25, -0.2) is 4.39 Å². The van der Waals surface area contributed by atoms with Crippen LogP contribution in [0.5, 0.6) is 0 Å². The normalized spacial score (nSPS) is 15.9. The molecule has 0 saturated carbocycles. The van der Waals surface area contributed by atoms with Crippen LogP contribution < -0.4 is 5.32 Å². The molecule has 1 nitrogen and oxygen atoms in total. The van der Waals surface area contributed by atoms with Crippen molar-refractivity contribution in [1.82, 2.24) is 5.32 Å². The second kappa shape index (κ2) is 5.10. The molecule has 1 aromatic rings. The van der Waals surface area contributed by atoms with E-state index in [9.17, 15) is 4.39 Å². The van der Waals surface area contributed by atoms with Gasteiger partial charge in [-0.2, -0.15) is 0 Å². The van der Waals surface area contributed by atoms with E-state index in [1.807, 2.05) is 6.07 Å². The summed E-state index contributed by atoms with van der Waals surface area (Å²) < 4.78 is 13.6. The van der Waals surface area contributed by atoms with E-state index in [2.05, 4.69) is 21.2 Å². The Kier molecular flexibility index (Phi) is 4.35. The topological polar surface area (TPSA) is 12.0 Å². The molecule has 0 unspecified atom stereocenters. The molecule has 4 heteroatoms. The van der Waals surface area contributed by atoms with Crippen molar-refractivity contribution in [2.45, 2.75) is 6.42 Å². The molecule has 1 heterocycles. The van der Waals surface area contributed by atoms with Crippen molar-refractivity contribution in [3.8, 4) is 0 Å². The summed E-state index contributed by atoms with van der Waals surface area (Å²) in [6.07, 6.45) is 0.983. The zero-order valence-corrected chi connectivity index (χ0v) is 10.00. The number of halogens is 3. The highest BCUT2D eigenvalue weighted by Crippen LogP contribution is 2.19. The average molecular weight is 281 g/mol. The summed E-state index contributed by atoms with van der Waals surface area (Å²) in [5.41, 5.74) is 1.09. The lowest BCUT2D eigenvalue weighted by atomic mass is 9.94. The molecule has 14 heavy (non-hydrogen) atoms. The van der Waals surface area contributed by atoms with Crippen LogP contribution >= 0.6 is 28.3 Å². The maximum absolute atomic E-state index is 13.1. The van der Waals surface area contributed by atoms with E-state index in [-0.39, 0.29) is 18.2 Å². The van der Waals surface area contributed by atoms with E-state index in [0.29, 0.717) is 10.4 Å². The number of benzene rings is 1. The molecule has 1 fully saturated rings. The molecule has 1 saturated heterocycles. The quantitative estimate of drug-likeness (QED) is 0.878. The minimum absolute atomic E-state index is 0. The first kappa shape index (κ1) is 12.0. The summed E-state index contributed by atoms with van der Waals surface area (Å²) in [6, 6.07) is 5.37. The molecule has 1 aromatic carbocycles. The summed E-state index contributed by atoms with van der Waals surface area (Å²) >= 11 is 3.14. The lowest BCUT2D eigenvalue weighted by Gasteiger charge is -2.27. The van der Waals surface area contributed by atoms with Crippen molar-refractivity contribution in [2.75, 3.05) is 13.1 Å². The highest BCUT2D eigenvalue weighted by atomic mass is 79.9. The van der Waals surface area contributed by atoms with Crippen LogP contribution in [0, 0.1) is 11.7 Å². The van der Waals surface area contributed by atoms with Gasteiger partial charge in [-0.1, -0.05) is 6.07 Å². The van der Waals surface area contributed by atoms with E-state index in [1.54, 1.807) is 12.1 Å². The second-order valence-electron chi connectivity index (χ2n) is 3.48. The number of hydrogen-bond acceptors (Lipinski definition) is 1. The first-order valence-corrected chi connectivity index (χ1v) is 5.19. The first-order valence-electron chi connectivity index (χ1n) is 4.40. The predicted octanol–water partition coefficient (Wildman–Crippen LogP) is 2.77. The lowest BCUT2D eigenvalue weighted by molar-refractivity contribution is 0.346. The van der Waals surface area contributed by atoms with Crippen molar-refractivity contribution in [3.63, 3.8) is 0 Å². The highest BCUT2D eigenvalue weighted by molar-refractivity contribution is 9.10. The minimum atomic E-state index is -0.162. The fraction of sp³-hybridized carbons (Fsp3) is 0.400. The van der Waals surface area contributed by atoms with Crippen LogP contribution in [0.3, 0.4) is 0 Å². The second-order valence-corrected chi connectivity index (χ2v) is 4.33. The van der Waals surface area contributed by atoms with Crippen LogP contribution in [0.4, 0.5) is 4.39 Å². The van der Waals surface area contributed by atoms with Crippen molar-refractivity contribution < 1.29 is 4.39 Å². The Labute approximate surface area is 97.6 Å². The van der Waals surface area contributed by atoms with Crippen molar-refractivity contribution in [3.05, 3.63) is 34.1 Å². The Hall–Kier alpha value is -0.120. The Morgan fingerprint density at radius 2 is 2.14 bits per heavy atom. The van der Waals surface area contributed by atoms with Gasteiger partial charge in [0.15, 0.2) is 0 Å². The SMILES string of the molecule is Cl.Fc1cc(CC2CNC2)ccc1Br. The van der Waals surface area contributed by atoms with Gasteiger partial charge in [-0.15, -0.1) is 12.4 Å². The van der Waals surface area contributed by atoms with Crippen LogP contribution in [-0.2, 0) is 6.42 Å². The van der Waals surface area contributed by atoms with Crippen LogP contribution in [-0.4, -0.2) is 13.1 Å². The van der Waals surface area contributed by atoms with Gasteiger partial charge >= 0.3 is 0 Å². The predicted molar refractivity (Wildman–Crippen MR) is 61.4 cm³/mol. The van der Waals surface area contributed by atoms with E-state index in [1.165, 1.54) is 0 Å². The maximum Gasteiger partial charge on any atom is 0.137 e. The molecular formula is C10H12BrClFN. The van der Waals surface area contributed by atoms with Crippen molar-refractivity contribution in [2.24, 2.45) is 5.92 Å². The third kappa shape index (κ3) is 2.69. The first-order chi connectivity index (χ1) is 6.25. The molecule has 1 aliphatic heterocycles. The third-order valence-electron chi connectivity index (χ3n) is 2.37. The van der Waals surface area contributed by atoms with E-state index >= 15 is 0 Å². The summed E-state index contributed by atoms with van der Waals surface area (Å²) in [5, 5.41) is 3.20. The molecular weight excluding hydrogens is 268 g/mol. The van der Waals surface area contributed by atoms with Gasteiger partial charge in [0.25, 0.3) is 0 Å². The molecule has 0 bridgehead atoms. The van der Waals surface area contributed by atoms with E-state index in [4.69, 9.17) is 0 Å². The molecule has 0 atom stereocenters. The van der Waals surface area contributed by atoms with Crippen LogP contribution in [0.25, 0.3) is 0 Å². The Morgan fingerprint density at radius 1 is 1.43 bits per heavy atom. The maximum atomic E-state index is 13.1. The summed E-state index contributed by atoms with van der Waals surface area (Å²) in [7, 11) is 0. The van der Waals surface area contributed by atoms with Crippen LogP contribution in [0.1, 0.15) is 5.56 Å². The molecule has 2 rings (SSSR count). The zero-order chi connectivity index (χ0) is 9.26. The van der Waals surface area contributed by atoms with Crippen molar-refractivity contribution in [1.29, 1.82) is 0 Å². The van der Waals surface area contributed by atoms with Gasteiger partial charge in [-0.3, -0.25) is 0 Å². The molecule has 0 spiro atoms. The summed E-state index contributed by atoms with van der Waals surface area (Å²) in [5.74, 6) is 0.533. The fourth-order valence-electron chi connectivity index (χ4n) is 1.49. The number of hydrogen-bond donors (Lipinski definition) is 1. The van der Waals surface area contributed by atoms with E-state index in [0.717, 1.165) is 25.1 Å². The summed E-state index contributed by atoms with van der Waals surface area (Å²) in [4.78, 5) is 0. The molecule has 0 aliphatic carbocycles. The molecule has 0 aromatic heterocycles. The van der Waals surface area contributed by atoms with Crippen LogP contribution in [0.15, 0.2) is 22.7 Å². The van der Waals surface area contributed by atoms with Gasteiger partial charge in [0.2, 0.25) is 0 Å². The highest BCUT2D eigenvalue weighted by Gasteiger charge is 2.17. The third-order valence-corrected chi connectivity index (χ3v) is 3.02. The molecule has 1 aliphatic rings. The average Bonchev–Trinajstić information content (AvgIpc) is 2.04. The molecule has 78 valence electrons. The summed E-state index contributed by atoms with van der Waals surface area (Å²) in [6.45, 7) is 2.13. The van der Waals surface area contributed by atoms with Gasteiger partial charge in [0.1, 0.15) is 5.82 Å². The van der Waals surface area contributed by atoms with E-state index < -0.39 is 0 Å².